The van der Waals surface area contributed by atoms with Crippen LogP contribution < -0.4 is 5.32 Å². The van der Waals surface area contributed by atoms with Crippen molar-refractivity contribution in [3.05, 3.63) is 34.5 Å². The van der Waals surface area contributed by atoms with Gasteiger partial charge in [-0.05, 0) is 57.5 Å². The first-order chi connectivity index (χ1) is 11.3. The molecule has 0 amide bonds. The number of nitrogens with one attached hydrogen (secondary N) is 1. The molecule has 0 unspecified atom stereocenters. The highest BCUT2D eigenvalue weighted by Crippen LogP contribution is 2.28. The van der Waals surface area contributed by atoms with Crippen molar-refractivity contribution in [2.75, 3.05) is 31.5 Å². The van der Waals surface area contributed by atoms with Crippen molar-refractivity contribution < 1.29 is 4.92 Å². The first kappa shape index (κ1) is 15.7. The molecule has 0 spiro atoms. The van der Waals surface area contributed by atoms with Crippen LogP contribution >= 0.6 is 0 Å². The maximum Gasteiger partial charge on any atom is 0.338 e. The topological polar surface area (TPSA) is 75.7 Å². The van der Waals surface area contributed by atoms with Gasteiger partial charge < -0.3 is 10.2 Å². The Labute approximate surface area is 135 Å². The third-order valence-electron chi connectivity index (χ3n) is 4.34. The fourth-order valence-corrected chi connectivity index (χ4v) is 3.13. The molecule has 0 saturated carbocycles. The lowest BCUT2D eigenvalue weighted by Crippen LogP contribution is -2.30. The van der Waals surface area contributed by atoms with Gasteiger partial charge in [0.05, 0.1) is 4.92 Å². The third kappa shape index (κ3) is 3.79. The van der Waals surface area contributed by atoms with E-state index in [1.54, 1.807) is 22.8 Å². The monoisotopic (exact) mass is 317 g/mol. The smallest absolute Gasteiger partial charge is 0.338 e. The molecule has 0 aliphatic carbocycles. The lowest BCUT2D eigenvalue weighted by molar-refractivity contribution is -0.382. The molecule has 3 heterocycles. The average Bonchev–Trinajstić information content (AvgIpc) is 2.94. The van der Waals surface area contributed by atoms with Gasteiger partial charge in [0.15, 0.2) is 0 Å². The van der Waals surface area contributed by atoms with Crippen molar-refractivity contribution in [3.8, 4) is 0 Å². The van der Waals surface area contributed by atoms with Gasteiger partial charge in [-0.25, -0.2) is 4.52 Å². The molecule has 23 heavy (non-hydrogen) atoms. The van der Waals surface area contributed by atoms with Crippen LogP contribution in [0.15, 0.2) is 24.4 Å². The number of anilines is 1. The first-order valence-electron chi connectivity index (χ1n) is 8.34. The molecule has 1 fully saturated rings. The normalized spacial score (nSPS) is 15.8. The van der Waals surface area contributed by atoms with Crippen LogP contribution in [0.5, 0.6) is 0 Å². The molecule has 0 bridgehead atoms. The molecule has 2 aromatic heterocycles. The van der Waals surface area contributed by atoms with E-state index in [9.17, 15) is 10.1 Å². The molecule has 2 aromatic rings. The number of piperidine rings is 1. The number of rotatable bonds is 7. The number of unbranched alkanes of at least 4 members (excludes halogenated alkanes) is 1. The Kier molecular flexibility index (Phi) is 5.07. The zero-order valence-electron chi connectivity index (χ0n) is 13.3. The lowest BCUT2D eigenvalue weighted by Gasteiger charge is -2.26. The van der Waals surface area contributed by atoms with Gasteiger partial charge in [-0.2, -0.15) is 0 Å². The second-order valence-electron chi connectivity index (χ2n) is 6.02. The highest BCUT2D eigenvalue weighted by atomic mass is 16.6. The number of hydrogen-bond donors (Lipinski definition) is 1. The van der Waals surface area contributed by atoms with Gasteiger partial charge in [-0.1, -0.05) is 12.5 Å². The number of nitro groups is 1. The minimum absolute atomic E-state index is 0.0571. The Hall–Kier alpha value is -2.15. The van der Waals surface area contributed by atoms with Crippen molar-refractivity contribution in [2.24, 2.45) is 0 Å². The molecule has 0 radical (unpaired) electrons. The molecule has 7 heteroatoms. The minimum atomic E-state index is -0.363. The van der Waals surface area contributed by atoms with Crippen molar-refractivity contribution in [2.45, 2.75) is 32.1 Å². The van der Waals surface area contributed by atoms with E-state index in [1.807, 2.05) is 6.07 Å². The Morgan fingerprint density at radius 1 is 1.22 bits per heavy atom. The van der Waals surface area contributed by atoms with Crippen LogP contribution in [0.1, 0.15) is 32.1 Å². The summed E-state index contributed by atoms with van der Waals surface area (Å²) in [6, 6.07) is 5.31. The van der Waals surface area contributed by atoms with E-state index < -0.39 is 0 Å². The van der Waals surface area contributed by atoms with Gasteiger partial charge in [0, 0.05) is 12.7 Å². The summed E-state index contributed by atoms with van der Waals surface area (Å²) < 4.78 is 1.55. The van der Waals surface area contributed by atoms with Gasteiger partial charge in [0.25, 0.3) is 0 Å². The van der Waals surface area contributed by atoms with Gasteiger partial charge >= 0.3 is 5.69 Å². The van der Waals surface area contributed by atoms with E-state index in [0.29, 0.717) is 17.9 Å². The maximum atomic E-state index is 11.3. The number of hydrogen-bond acceptors (Lipinski definition) is 5. The summed E-state index contributed by atoms with van der Waals surface area (Å²) in [7, 11) is 0. The molecule has 1 aliphatic rings. The van der Waals surface area contributed by atoms with E-state index in [4.69, 9.17) is 0 Å². The SMILES string of the molecule is O=[N+]([O-])c1c(NCCCCN2CCCCC2)nn2ccccc12. The summed E-state index contributed by atoms with van der Waals surface area (Å²) in [5.74, 6) is 0.360. The number of pyridine rings is 1. The highest BCUT2D eigenvalue weighted by Gasteiger charge is 2.22. The number of aromatic nitrogens is 2. The second-order valence-corrected chi connectivity index (χ2v) is 6.02. The fraction of sp³-hybridized carbons (Fsp3) is 0.562. The number of nitrogens with zero attached hydrogens (tertiary/aromatic N) is 4. The highest BCUT2D eigenvalue weighted by molar-refractivity contribution is 5.76. The zero-order chi connectivity index (χ0) is 16.1. The van der Waals surface area contributed by atoms with Crippen LogP contribution in [0.25, 0.3) is 5.52 Å². The summed E-state index contributed by atoms with van der Waals surface area (Å²) in [5.41, 5.74) is 0.579. The zero-order valence-corrected chi connectivity index (χ0v) is 13.3. The fourth-order valence-electron chi connectivity index (χ4n) is 3.13. The Morgan fingerprint density at radius 3 is 2.83 bits per heavy atom. The summed E-state index contributed by atoms with van der Waals surface area (Å²) in [6.07, 6.45) is 7.80. The van der Waals surface area contributed by atoms with Gasteiger partial charge in [0.1, 0.15) is 5.52 Å². The molecule has 0 atom stereocenters. The second kappa shape index (κ2) is 7.41. The average molecular weight is 317 g/mol. The molecular weight excluding hydrogens is 294 g/mol. The quantitative estimate of drug-likeness (QED) is 0.483. The maximum absolute atomic E-state index is 11.3. The molecule has 1 aliphatic heterocycles. The van der Waals surface area contributed by atoms with Crippen molar-refractivity contribution in [1.29, 1.82) is 0 Å². The predicted molar refractivity (Wildman–Crippen MR) is 89.9 cm³/mol. The van der Waals surface area contributed by atoms with Crippen LogP contribution in [0.2, 0.25) is 0 Å². The third-order valence-corrected chi connectivity index (χ3v) is 4.34. The van der Waals surface area contributed by atoms with Crippen molar-refractivity contribution in [1.82, 2.24) is 14.5 Å². The molecule has 7 nitrogen and oxygen atoms in total. The van der Waals surface area contributed by atoms with E-state index in [-0.39, 0.29) is 10.6 Å². The van der Waals surface area contributed by atoms with E-state index >= 15 is 0 Å². The molecule has 0 aromatic carbocycles. The summed E-state index contributed by atoms with van der Waals surface area (Å²) in [4.78, 5) is 13.4. The van der Waals surface area contributed by atoms with Crippen molar-refractivity contribution in [3.63, 3.8) is 0 Å². The minimum Gasteiger partial charge on any atom is -0.363 e. The number of fused-ring (bicyclic) bond motifs is 1. The Bertz CT molecular complexity index is 664. The summed E-state index contributed by atoms with van der Waals surface area (Å²) >= 11 is 0. The number of likely N-dealkylation sites (tertiary alicyclic amines) is 1. The van der Waals surface area contributed by atoms with E-state index in [1.165, 1.54) is 32.4 Å². The molecule has 1 saturated heterocycles. The van der Waals surface area contributed by atoms with E-state index in [0.717, 1.165) is 19.4 Å². The predicted octanol–water partition coefficient (Wildman–Crippen LogP) is 2.92. The molecule has 124 valence electrons. The van der Waals surface area contributed by atoms with Crippen LogP contribution in [-0.4, -0.2) is 45.6 Å². The van der Waals surface area contributed by atoms with Gasteiger partial charge in [0.2, 0.25) is 5.82 Å². The lowest BCUT2D eigenvalue weighted by atomic mass is 10.1. The van der Waals surface area contributed by atoms with Crippen LogP contribution in [0.3, 0.4) is 0 Å². The van der Waals surface area contributed by atoms with Crippen molar-refractivity contribution >= 4 is 17.0 Å². The van der Waals surface area contributed by atoms with Gasteiger partial charge in [-0.3, -0.25) is 10.1 Å². The van der Waals surface area contributed by atoms with Crippen LogP contribution in [0.4, 0.5) is 11.5 Å². The molecule has 3 rings (SSSR count). The van der Waals surface area contributed by atoms with Gasteiger partial charge in [-0.15, -0.1) is 5.10 Å². The molecular formula is C16H23N5O2. The van der Waals surface area contributed by atoms with Crippen LogP contribution in [0, 0.1) is 10.1 Å². The first-order valence-corrected chi connectivity index (χ1v) is 8.34. The summed E-state index contributed by atoms with van der Waals surface area (Å²) in [5, 5.41) is 18.7. The van der Waals surface area contributed by atoms with Crippen LogP contribution in [-0.2, 0) is 0 Å². The van der Waals surface area contributed by atoms with E-state index in [2.05, 4.69) is 15.3 Å². The summed E-state index contributed by atoms with van der Waals surface area (Å²) in [6.45, 7) is 4.25. The standard InChI is InChI=1S/C16H23N5O2/c22-21(23)15-14-8-2-6-13-20(14)18-16(15)17-9-3-7-12-19-10-4-1-5-11-19/h2,6,8,13H,1,3-5,7,9-12H2,(H,17,18). The molecule has 1 N–H and O–H groups in total. The largest absolute Gasteiger partial charge is 0.363 e. The Morgan fingerprint density at radius 2 is 2.04 bits per heavy atom. The Balaban J connectivity index is 1.52.